The number of hydrogen-bond donors (Lipinski definition) is 1. The van der Waals surface area contributed by atoms with Gasteiger partial charge < -0.3 is 10.6 Å². The highest BCUT2D eigenvalue weighted by molar-refractivity contribution is 14.0. The van der Waals surface area contributed by atoms with Crippen molar-refractivity contribution in [1.82, 2.24) is 4.90 Å². The standard InChI is InChI=1S/C24H30N2O.HI/c1-17-18-13-14-22(17)26(2)21(15-18)16-24(23(25)27,19-9-5-3-6-10-19)20-11-7-4-8-12-20;/h3-12,17-18,21-22H,13-16H2,1-2H3,(H2,25,27);1H. The SMILES string of the molecule is CC1C2CCC1N(C)C(CC(C(N)=O)(c1ccccc1)c1ccccc1)C2.I. The van der Waals surface area contributed by atoms with E-state index in [4.69, 9.17) is 5.73 Å². The summed E-state index contributed by atoms with van der Waals surface area (Å²) in [5, 5.41) is 0. The van der Waals surface area contributed by atoms with Crippen molar-refractivity contribution in [3.8, 4) is 0 Å². The smallest absolute Gasteiger partial charge is 0.232 e. The van der Waals surface area contributed by atoms with Crippen LogP contribution in [-0.4, -0.2) is 29.9 Å². The van der Waals surface area contributed by atoms with Gasteiger partial charge in [0.15, 0.2) is 0 Å². The van der Waals surface area contributed by atoms with Gasteiger partial charge in [0.05, 0.1) is 0 Å². The Bertz CT molecular complexity index is 755. The first kappa shape index (κ1) is 21.3. The highest BCUT2D eigenvalue weighted by Crippen LogP contribution is 2.47. The van der Waals surface area contributed by atoms with E-state index >= 15 is 0 Å². The lowest BCUT2D eigenvalue weighted by Gasteiger charge is -2.46. The fourth-order valence-corrected chi connectivity index (χ4v) is 5.73. The molecule has 1 saturated heterocycles. The second-order valence-corrected chi connectivity index (χ2v) is 8.52. The van der Waals surface area contributed by atoms with E-state index in [2.05, 4.69) is 43.1 Å². The number of carbonyl (C=O) groups excluding carboxylic acids is 1. The van der Waals surface area contributed by atoms with Gasteiger partial charge in [0.2, 0.25) is 5.91 Å². The van der Waals surface area contributed by atoms with Crippen molar-refractivity contribution in [2.45, 2.75) is 50.1 Å². The minimum Gasteiger partial charge on any atom is -0.369 e. The summed E-state index contributed by atoms with van der Waals surface area (Å²) in [6, 6.07) is 21.2. The number of likely N-dealkylation sites (tertiary alicyclic amines) is 1. The Morgan fingerprint density at radius 3 is 2.07 bits per heavy atom. The van der Waals surface area contributed by atoms with Gasteiger partial charge in [-0.1, -0.05) is 67.6 Å². The molecule has 2 N–H and O–H groups in total. The van der Waals surface area contributed by atoms with E-state index in [9.17, 15) is 4.79 Å². The number of hydrogen-bond acceptors (Lipinski definition) is 2. The molecule has 1 aliphatic carbocycles. The minimum absolute atomic E-state index is 0. The lowest BCUT2D eigenvalue weighted by atomic mass is 9.67. The molecule has 2 fully saturated rings. The van der Waals surface area contributed by atoms with Crippen LogP contribution in [0.5, 0.6) is 0 Å². The van der Waals surface area contributed by atoms with Gasteiger partial charge in [-0.2, -0.15) is 0 Å². The maximum absolute atomic E-state index is 13.0. The zero-order chi connectivity index (χ0) is 19.0. The molecule has 1 amide bonds. The van der Waals surface area contributed by atoms with Gasteiger partial charge in [-0.25, -0.2) is 0 Å². The van der Waals surface area contributed by atoms with Gasteiger partial charge in [0.25, 0.3) is 0 Å². The van der Waals surface area contributed by atoms with Crippen LogP contribution in [0, 0.1) is 11.8 Å². The van der Waals surface area contributed by atoms with Crippen LogP contribution in [0.1, 0.15) is 43.7 Å². The van der Waals surface area contributed by atoms with Crippen molar-refractivity contribution in [3.05, 3.63) is 71.8 Å². The number of nitrogens with zero attached hydrogens (tertiary/aromatic N) is 1. The fourth-order valence-electron chi connectivity index (χ4n) is 5.73. The summed E-state index contributed by atoms with van der Waals surface area (Å²) in [4.78, 5) is 15.6. The molecule has 4 atom stereocenters. The molecule has 28 heavy (non-hydrogen) atoms. The molecule has 1 saturated carbocycles. The van der Waals surface area contributed by atoms with Crippen LogP contribution in [-0.2, 0) is 10.2 Å². The molecule has 4 heteroatoms. The molecule has 0 spiro atoms. The molecule has 1 aliphatic heterocycles. The number of rotatable bonds is 5. The van der Waals surface area contributed by atoms with E-state index in [-0.39, 0.29) is 29.9 Å². The summed E-state index contributed by atoms with van der Waals surface area (Å²) in [5.41, 5.74) is 7.37. The number of primary amides is 1. The molecule has 2 aromatic carbocycles. The Kier molecular flexibility index (Phi) is 6.50. The summed E-state index contributed by atoms with van der Waals surface area (Å²) in [7, 11) is 2.25. The highest BCUT2D eigenvalue weighted by atomic mass is 127. The van der Waals surface area contributed by atoms with Gasteiger partial charge in [-0.15, -0.1) is 24.0 Å². The zero-order valence-electron chi connectivity index (χ0n) is 16.8. The third-order valence-electron chi connectivity index (χ3n) is 7.35. The summed E-state index contributed by atoms with van der Waals surface area (Å²) < 4.78 is 0. The number of amides is 1. The van der Waals surface area contributed by atoms with E-state index in [1.165, 1.54) is 12.8 Å². The molecular weight excluding hydrogens is 459 g/mol. The lowest BCUT2D eigenvalue weighted by Crippen LogP contribution is -2.53. The minimum atomic E-state index is -0.790. The molecule has 2 aliphatic rings. The first-order chi connectivity index (χ1) is 13.0. The average molecular weight is 490 g/mol. The van der Waals surface area contributed by atoms with Crippen LogP contribution in [0.25, 0.3) is 0 Å². The van der Waals surface area contributed by atoms with Crippen LogP contribution >= 0.6 is 24.0 Å². The quantitative estimate of drug-likeness (QED) is 0.624. The fraction of sp³-hybridized carbons (Fsp3) is 0.458. The van der Waals surface area contributed by atoms with Crippen LogP contribution in [0.3, 0.4) is 0 Å². The highest BCUT2D eigenvalue weighted by Gasteiger charge is 2.49. The summed E-state index contributed by atoms with van der Waals surface area (Å²) >= 11 is 0. The van der Waals surface area contributed by atoms with Gasteiger partial charge in [0.1, 0.15) is 5.41 Å². The normalized spacial score (nSPS) is 27.2. The molecule has 150 valence electrons. The van der Waals surface area contributed by atoms with Crippen LogP contribution in [0.15, 0.2) is 60.7 Å². The molecular formula is C24H31IN2O. The largest absolute Gasteiger partial charge is 0.369 e. The van der Waals surface area contributed by atoms with Crippen LogP contribution in [0.4, 0.5) is 0 Å². The number of fused-ring (bicyclic) bond motifs is 2. The Morgan fingerprint density at radius 1 is 1.04 bits per heavy atom. The van der Waals surface area contributed by atoms with E-state index in [1.54, 1.807) is 0 Å². The second-order valence-electron chi connectivity index (χ2n) is 8.52. The van der Waals surface area contributed by atoms with Gasteiger partial charge in [-0.05, 0) is 55.7 Å². The van der Waals surface area contributed by atoms with E-state index < -0.39 is 5.41 Å². The molecule has 2 aromatic rings. The molecule has 0 radical (unpaired) electrons. The first-order valence-corrected chi connectivity index (χ1v) is 10.2. The molecule has 1 heterocycles. The Labute approximate surface area is 185 Å². The van der Waals surface area contributed by atoms with Crippen LogP contribution in [0.2, 0.25) is 0 Å². The average Bonchev–Trinajstić information content (AvgIpc) is 2.96. The number of benzene rings is 2. The van der Waals surface area contributed by atoms with Crippen LogP contribution < -0.4 is 5.73 Å². The maximum Gasteiger partial charge on any atom is 0.232 e. The van der Waals surface area contributed by atoms with Crippen molar-refractivity contribution in [3.63, 3.8) is 0 Å². The van der Waals surface area contributed by atoms with Crippen molar-refractivity contribution >= 4 is 29.9 Å². The molecule has 3 nitrogen and oxygen atoms in total. The second kappa shape index (κ2) is 8.54. The molecule has 4 rings (SSSR count). The molecule has 4 unspecified atom stereocenters. The summed E-state index contributed by atoms with van der Waals surface area (Å²) in [5.74, 6) is 1.27. The van der Waals surface area contributed by atoms with Gasteiger partial charge >= 0.3 is 0 Å². The third kappa shape index (κ3) is 3.50. The Balaban J connectivity index is 0.00000225. The lowest BCUT2D eigenvalue weighted by molar-refractivity contribution is -0.123. The van der Waals surface area contributed by atoms with Gasteiger partial charge in [-0.3, -0.25) is 4.79 Å². The molecule has 0 aromatic heterocycles. The predicted octanol–water partition coefficient (Wildman–Crippen LogP) is 4.58. The maximum atomic E-state index is 13.0. The monoisotopic (exact) mass is 490 g/mol. The predicted molar refractivity (Wildman–Crippen MR) is 125 cm³/mol. The number of carbonyl (C=O) groups is 1. The number of nitrogens with two attached hydrogens (primary N) is 1. The topological polar surface area (TPSA) is 46.3 Å². The van der Waals surface area contributed by atoms with Crippen molar-refractivity contribution in [2.75, 3.05) is 7.05 Å². The van der Waals surface area contributed by atoms with E-state index in [0.29, 0.717) is 12.1 Å². The van der Waals surface area contributed by atoms with Gasteiger partial charge in [0, 0.05) is 12.1 Å². The Morgan fingerprint density at radius 2 is 1.57 bits per heavy atom. The van der Waals surface area contributed by atoms with Crippen molar-refractivity contribution in [2.24, 2.45) is 17.6 Å². The van der Waals surface area contributed by atoms with Crippen molar-refractivity contribution < 1.29 is 4.79 Å². The first-order valence-electron chi connectivity index (χ1n) is 10.2. The zero-order valence-corrected chi connectivity index (χ0v) is 19.1. The molecule has 2 bridgehead atoms. The van der Waals surface area contributed by atoms with Crippen molar-refractivity contribution in [1.29, 1.82) is 0 Å². The number of halogens is 1. The summed E-state index contributed by atoms with van der Waals surface area (Å²) in [6.45, 7) is 2.39. The third-order valence-corrected chi connectivity index (χ3v) is 7.35. The van der Waals surface area contributed by atoms with E-state index in [0.717, 1.165) is 35.8 Å². The number of piperidine rings is 1. The Hall–Kier alpha value is -1.40. The summed E-state index contributed by atoms with van der Waals surface area (Å²) in [6.07, 6.45) is 4.49. The van der Waals surface area contributed by atoms with E-state index in [1.807, 2.05) is 36.4 Å².